The smallest absolute Gasteiger partial charge is 0.230 e. The maximum Gasteiger partial charge on any atom is 0.230 e. The molecule has 23 heavy (non-hydrogen) atoms. The van der Waals surface area contributed by atoms with Crippen LogP contribution in [0.2, 0.25) is 5.02 Å². The van der Waals surface area contributed by atoms with Crippen LogP contribution >= 0.6 is 35.8 Å². The number of nitrogens with one attached hydrogen (secondary N) is 1. The van der Waals surface area contributed by atoms with Crippen molar-refractivity contribution in [1.29, 1.82) is 0 Å². The summed E-state index contributed by atoms with van der Waals surface area (Å²) in [6.07, 6.45) is 1.62. The maximum absolute atomic E-state index is 11.9. The van der Waals surface area contributed by atoms with Gasteiger partial charge in [0.2, 0.25) is 5.91 Å². The van der Waals surface area contributed by atoms with E-state index in [1.165, 1.54) is 11.8 Å². The number of ketones is 1. The number of hydrogen-bond acceptors (Lipinski definition) is 4. The van der Waals surface area contributed by atoms with Crippen LogP contribution in [0.15, 0.2) is 24.3 Å². The topological polar surface area (TPSA) is 72.2 Å². The third kappa shape index (κ3) is 8.06. The van der Waals surface area contributed by atoms with E-state index in [2.05, 4.69) is 5.32 Å². The van der Waals surface area contributed by atoms with Crippen LogP contribution in [-0.4, -0.2) is 35.3 Å². The summed E-state index contributed by atoms with van der Waals surface area (Å²) in [5.74, 6) is 0.420. The molecule has 0 heterocycles. The highest BCUT2D eigenvalue weighted by atomic mass is 35.5. The Labute approximate surface area is 153 Å². The normalized spacial score (nSPS) is 10.8. The van der Waals surface area contributed by atoms with E-state index < -0.39 is 0 Å². The van der Waals surface area contributed by atoms with Gasteiger partial charge in [-0.2, -0.15) is 0 Å². The van der Waals surface area contributed by atoms with Crippen LogP contribution in [0, 0.1) is 0 Å². The van der Waals surface area contributed by atoms with Crippen LogP contribution in [-0.2, 0) is 4.79 Å². The van der Waals surface area contributed by atoms with Gasteiger partial charge in [0.15, 0.2) is 5.78 Å². The highest BCUT2D eigenvalue weighted by molar-refractivity contribution is 8.00. The van der Waals surface area contributed by atoms with Gasteiger partial charge in [0, 0.05) is 22.7 Å². The molecule has 0 aliphatic heterocycles. The van der Waals surface area contributed by atoms with Gasteiger partial charge in [0.25, 0.3) is 0 Å². The van der Waals surface area contributed by atoms with E-state index in [1.807, 2.05) is 13.8 Å². The molecule has 0 saturated carbocycles. The zero-order chi connectivity index (χ0) is 16.6. The van der Waals surface area contributed by atoms with Gasteiger partial charge in [-0.1, -0.05) is 25.4 Å². The molecule has 0 fully saturated rings. The Bertz CT molecular complexity index is 505. The number of Topliss-reactive ketones (excluding diaryl/α,β-unsaturated/α-hetero) is 1. The molecule has 4 nitrogen and oxygen atoms in total. The predicted molar refractivity (Wildman–Crippen MR) is 101 cm³/mol. The Kier molecular flexibility index (Phi) is 10.6. The van der Waals surface area contributed by atoms with Crippen molar-refractivity contribution in [3.63, 3.8) is 0 Å². The summed E-state index contributed by atoms with van der Waals surface area (Å²) in [5, 5.41) is 3.43. The molecule has 0 aliphatic rings. The summed E-state index contributed by atoms with van der Waals surface area (Å²) in [7, 11) is 0. The van der Waals surface area contributed by atoms with Crippen molar-refractivity contribution in [3.8, 4) is 0 Å². The number of nitrogens with two attached hydrogens (primary N) is 1. The van der Waals surface area contributed by atoms with Gasteiger partial charge in [0.1, 0.15) is 0 Å². The average Bonchev–Trinajstić information content (AvgIpc) is 2.53. The Hall–Kier alpha value is -0.750. The van der Waals surface area contributed by atoms with Crippen LogP contribution in [0.25, 0.3) is 0 Å². The first-order chi connectivity index (χ1) is 10.4. The number of thioether (sulfide) groups is 1. The van der Waals surface area contributed by atoms with Gasteiger partial charge in [-0.3, -0.25) is 9.59 Å². The van der Waals surface area contributed by atoms with Crippen molar-refractivity contribution in [2.75, 3.05) is 18.1 Å². The molecule has 0 bridgehead atoms. The van der Waals surface area contributed by atoms with Crippen LogP contribution in [0.5, 0.6) is 0 Å². The van der Waals surface area contributed by atoms with E-state index >= 15 is 0 Å². The standard InChI is InChI=1S/C16H23ClN2O2S.ClH/c1-3-16(18,4-2)11-19-15(21)10-22-9-14(20)12-5-7-13(17)8-6-12;/h5-8H,3-4,9-11,18H2,1-2H3,(H,19,21);1H. The van der Waals surface area contributed by atoms with E-state index in [4.69, 9.17) is 17.3 Å². The van der Waals surface area contributed by atoms with Crippen molar-refractivity contribution in [2.45, 2.75) is 32.2 Å². The molecule has 1 rings (SSSR count). The van der Waals surface area contributed by atoms with E-state index in [0.29, 0.717) is 17.1 Å². The predicted octanol–water partition coefficient (Wildman–Crippen LogP) is 3.31. The summed E-state index contributed by atoms with van der Waals surface area (Å²) in [5.41, 5.74) is 6.38. The molecule has 0 aromatic heterocycles. The lowest BCUT2D eigenvalue weighted by molar-refractivity contribution is -0.118. The first kappa shape index (κ1) is 22.2. The fourth-order valence-corrected chi connectivity index (χ4v) is 2.65. The minimum atomic E-state index is -0.348. The Morgan fingerprint density at radius 2 is 1.74 bits per heavy atom. The van der Waals surface area contributed by atoms with Gasteiger partial charge in [0.05, 0.1) is 11.5 Å². The molecule has 0 radical (unpaired) electrons. The third-order valence-electron chi connectivity index (χ3n) is 3.68. The molecule has 0 spiro atoms. The second-order valence-corrected chi connectivity index (χ2v) is 6.69. The number of benzene rings is 1. The Balaban J connectivity index is 0.00000484. The summed E-state index contributed by atoms with van der Waals surface area (Å²) in [4.78, 5) is 23.7. The zero-order valence-electron chi connectivity index (χ0n) is 13.4. The van der Waals surface area contributed by atoms with Crippen LogP contribution in [0.3, 0.4) is 0 Å². The first-order valence-electron chi connectivity index (χ1n) is 7.32. The van der Waals surface area contributed by atoms with Crippen molar-refractivity contribution in [2.24, 2.45) is 5.73 Å². The Morgan fingerprint density at radius 3 is 2.26 bits per heavy atom. The van der Waals surface area contributed by atoms with Crippen molar-refractivity contribution in [3.05, 3.63) is 34.9 Å². The SMILES string of the molecule is CCC(N)(CC)CNC(=O)CSCC(=O)c1ccc(Cl)cc1.Cl. The highest BCUT2D eigenvalue weighted by Crippen LogP contribution is 2.13. The lowest BCUT2D eigenvalue weighted by Gasteiger charge is -2.26. The molecule has 130 valence electrons. The molecule has 1 aromatic rings. The van der Waals surface area contributed by atoms with E-state index in [0.717, 1.165) is 12.8 Å². The molecule has 3 N–H and O–H groups in total. The van der Waals surface area contributed by atoms with E-state index in [-0.39, 0.29) is 41.1 Å². The summed E-state index contributed by atoms with van der Waals surface area (Å²) >= 11 is 7.08. The molecule has 1 amide bonds. The number of rotatable bonds is 9. The quantitative estimate of drug-likeness (QED) is 0.646. The largest absolute Gasteiger partial charge is 0.354 e. The Morgan fingerprint density at radius 1 is 1.17 bits per heavy atom. The summed E-state index contributed by atoms with van der Waals surface area (Å²) in [6, 6.07) is 6.75. The van der Waals surface area contributed by atoms with Gasteiger partial charge in [-0.25, -0.2) is 0 Å². The zero-order valence-corrected chi connectivity index (χ0v) is 15.8. The fraction of sp³-hybridized carbons (Fsp3) is 0.500. The fourth-order valence-electron chi connectivity index (χ4n) is 1.78. The molecular formula is C16H24Cl2N2O2S. The van der Waals surface area contributed by atoms with Crippen molar-refractivity contribution >= 4 is 47.5 Å². The number of halogens is 2. The molecule has 0 unspecified atom stereocenters. The molecule has 1 aromatic carbocycles. The maximum atomic E-state index is 11.9. The second kappa shape index (κ2) is 10.9. The number of carbonyl (C=O) groups excluding carboxylic acids is 2. The van der Waals surface area contributed by atoms with Gasteiger partial charge >= 0.3 is 0 Å². The lowest BCUT2D eigenvalue weighted by Crippen LogP contribution is -2.49. The van der Waals surface area contributed by atoms with Crippen molar-refractivity contribution in [1.82, 2.24) is 5.32 Å². The lowest BCUT2D eigenvalue weighted by atomic mass is 9.94. The van der Waals surface area contributed by atoms with Gasteiger partial charge < -0.3 is 11.1 Å². The summed E-state index contributed by atoms with van der Waals surface area (Å²) < 4.78 is 0. The van der Waals surface area contributed by atoms with Gasteiger partial charge in [-0.05, 0) is 37.1 Å². The average molecular weight is 379 g/mol. The monoisotopic (exact) mass is 378 g/mol. The molecule has 0 aliphatic carbocycles. The van der Waals surface area contributed by atoms with Gasteiger partial charge in [-0.15, -0.1) is 24.2 Å². The van der Waals surface area contributed by atoms with E-state index in [9.17, 15) is 9.59 Å². The molecule has 0 saturated heterocycles. The highest BCUT2D eigenvalue weighted by Gasteiger charge is 2.20. The molecular weight excluding hydrogens is 355 g/mol. The summed E-state index contributed by atoms with van der Waals surface area (Å²) in [6.45, 7) is 4.48. The van der Waals surface area contributed by atoms with Crippen LogP contribution in [0.4, 0.5) is 0 Å². The minimum Gasteiger partial charge on any atom is -0.354 e. The molecule has 0 atom stereocenters. The number of amides is 1. The minimum absolute atomic E-state index is 0. The second-order valence-electron chi connectivity index (χ2n) is 5.27. The first-order valence-corrected chi connectivity index (χ1v) is 8.85. The van der Waals surface area contributed by atoms with Crippen molar-refractivity contribution < 1.29 is 9.59 Å². The van der Waals surface area contributed by atoms with Crippen LogP contribution < -0.4 is 11.1 Å². The number of hydrogen-bond donors (Lipinski definition) is 2. The third-order valence-corrected chi connectivity index (χ3v) is 4.86. The molecule has 7 heteroatoms. The number of carbonyl (C=O) groups is 2. The van der Waals surface area contributed by atoms with Crippen LogP contribution in [0.1, 0.15) is 37.0 Å². The van der Waals surface area contributed by atoms with E-state index in [1.54, 1.807) is 24.3 Å².